The van der Waals surface area contributed by atoms with Gasteiger partial charge in [0, 0.05) is 41.6 Å². The van der Waals surface area contributed by atoms with Gasteiger partial charge in [0.1, 0.15) is 23.2 Å². The number of amides is 1. The van der Waals surface area contributed by atoms with Gasteiger partial charge in [-0.25, -0.2) is 18.7 Å². The average Bonchev–Trinajstić information content (AvgIpc) is 3.36. The number of benzene rings is 3. The monoisotopic (exact) mass is 743 g/mol. The van der Waals surface area contributed by atoms with Crippen LogP contribution in [0, 0.1) is 12.7 Å². The molecular formula is C38H38FN5O10. The number of ether oxygens (including phenoxy) is 3. The van der Waals surface area contributed by atoms with Crippen molar-refractivity contribution in [2.75, 3.05) is 33.1 Å². The van der Waals surface area contributed by atoms with Crippen LogP contribution in [0.4, 0.5) is 10.1 Å². The van der Waals surface area contributed by atoms with Gasteiger partial charge in [0.05, 0.1) is 37.1 Å². The minimum Gasteiger partial charge on any atom is -0.497 e. The third kappa shape index (κ3) is 10.4. The first-order valence-corrected chi connectivity index (χ1v) is 16.3. The number of likely N-dealkylation sites (N-methyl/N-ethyl adjacent to an activating group) is 1. The fourth-order valence-corrected chi connectivity index (χ4v) is 5.19. The first-order chi connectivity index (χ1) is 25.7. The second-order valence-electron chi connectivity index (χ2n) is 11.9. The first kappa shape index (κ1) is 40.0. The van der Waals surface area contributed by atoms with Crippen LogP contribution < -0.4 is 20.3 Å². The van der Waals surface area contributed by atoms with E-state index in [2.05, 4.69) is 10.3 Å². The fourth-order valence-electron chi connectivity index (χ4n) is 5.19. The van der Waals surface area contributed by atoms with Gasteiger partial charge in [0.15, 0.2) is 11.6 Å². The number of nitrogens with one attached hydrogen (secondary N) is 1. The SMILES string of the molecule is COc1ccc2c(Oc3ccc(NC(=O)c4c(C)n(C[C@@H](C)OC(=O)CN(C)C)n(-c5ccccc5)c4=O)cc3F)ccnc2c1.O=C(O)/C=C/C(=O)O. The Morgan fingerprint density at radius 1 is 0.963 bits per heavy atom. The first-order valence-electron chi connectivity index (χ1n) is 16.3. The van der Waals surface area contributed by atoms with E-state index >= 15 is 4.39 Å². The number of aliphatic carboxylic acids is 2. The van der Waals surface area contributed by atoms with E-state index < -0.39 is 41.3 Å². The largest absolute Gasteiger partial charge is 0.497 e. The summed E-state index contributed by atoms with van der Waals surface area (Å²) in [6.07, 6.45) is 2.06. The van der Waals surface area contributed by atoms with Gasteiger partial charge in [-0.15, -0.1) is 0 Å². The molecule has 2 heterocycles. The van der Waals surface area contributed by atoms with Gasteiger partial charge in [-0.05, 0) is 70.4 Å². The van der Waals surface area contributed by atoms with Gasteiger partial charge in [0.25, 0.3) is 11.5 Å². The number of para-hydroxylation sites is 1. The van der Waals surface area contributed by atoms with Crippen LogP contribution in [0.5, 0.6) is 17.2 Å². The Bertz CT molecular complexity index is 2230. The average molecular weight is 744 g/mol. The van der Waals surface area contributed by atoms with Crippen LogP contribution in [-0.4, -0.2) is 87.1 Å². The zero-order valence-electron chi connectivity index (χ0n) is 30.0. The molecule has 0 fully saturated rings. The lowest BCUT2D eigenvalue weighted by atomic mass is 10.2. The quantitative estimate of drug-likeness (QED) is 0.109. The lowest BCUT2D eigenvalue weighted by molar-refractivity contribution is -0.149. The fraction of sp³-hybridized carbons (Fsp3) is 0.211. The van der Waals surface area contributed by atoms with Gasteiger partial charge < -0.3 is 29.7 Å². The summed E-state index contributed by atoms with van der Waals surface area (Å²) >= 11 is 0. The van der Waals surface area contributed by atoms with Crippen molar-refractivity contribution < 1.29 is 48.0 Å². The zero-order chi connectivity index (χ0) is 39.5. The van der Waals surface area contributed by atoms with Crippen LogP contribution in [0.2, 0.25) is 0 Å². The molecule has 1 amide bonds. The Morgan fingerprint density at radius 3 is 2.26 bits per heavy atom. The Labute approximate surface area is 308 Å². The molecule has 0 aliphatic heterocycles. The molecule has 0 bridgehead atoms. The lowest BCUT2D eigenvalue weighted by Crippen LogP contribution is -2.31. The third-order valence-electron chi connectivity index (χ3n) is 7.52. The maximum Gasteiger partial charge on any atom is 0.328 e. The highest BCUT2D eigenvalue weighted by Crippen LogP contribution is 2.33. The number of carboxylic acid groups (broad SMARTS) is 2. The van der Waals surface area contributed by atoms with Crippen molar-refractivity contribution in [2.45, 2.75) is 26.5 Å². The van der Waals surface area contributed by atoms with Crippen LogP contribution in [0.15, 0.2) is 95.9 Å². The molecule has 1 atom stereocenters. The number of anilines is 1. The van der Waals surface area contributed by atoms with E-state index in [0.29, 0.717) is 45.9 Å². The highest BCUT2D eigenvalue weighted by molar-refractivity contribution is 6.05. The summed E-state index contributed by atoms with van der Waals surface area (Å²) in [6.45, 7) is 3.56. The normalized spacial score (nSPS) is 11.5. The number of rotatable bonds is 13. The van der Waals surface area contributed by atoms with Gasteiger partial charge >= 0.3 is 17.9 Å². The van der Waals surface area contributed by atoms with Crippen LogP contribution in [0.25, 0.3) is 16.6 Å². The summed E-state index contributed by atoms with van der Waals surface area (Å²) in [5.41, 5.74) is 0.915. The van der Waals surface area contributed by atoms with Gasteiger partial charge in [0.2, 0.25) is 0 Å². The Hall–Kier alpha value is -6.81. The Balaban J connectivity index is 0.000000730. The van der Waals surface area contributed by atoms with Crippen molar-refractivity contribution in [1.82, 2.24) is 19.2 Å². The highest BCUT2D eigenvalue weighted by Gasteiger charge is 2.26. The summed E-state index contributed by atoms with van der Waals surface area (Å²) < 4.78 is 34.9. The molecule has 0 saturated carbocycles. The van der Waals surface area contributed by atoms with E-state index in [1.54, 1.807) is 99.4 Å². The summed E-state index contributed by atoms with van der Waals surface area (Å²) in [5.74, 6) is -3.41. The standard InChI is InChI=1S/C34H34FN5O6.C4H4O4/c1-21(45-31(41)20-38(3)4)19-39-22(2)32(34(43)40(39)24-9-7-6-8-10-24)33(42)37-23-11-14-30(27(35)17-23)46-29-15-16-36-28-18-25(44-5)12-13-26(28)29;5-3(6)1-2-4(7)8/h6-18,21H,19-20H2,1-5H3,(H,37,42);1-2H,(H,5,6)(H,7,8)/b;2-1+/t21-;/m1./s1. The number of hydrogen-bond donors (Lipinski definition) is 3. The number of esters is 1. The molecule has 3 N–H and O–H groups in total. The van der Waals surface area contributed by atoms with Crippen molar-refractivity contribution in [3.63, 3.8) is 0 Å². The van der Waals surface area contributed by atoms with Crippen molar-refractivity contribution in [2.24, 2.45) is 0 Å². The molecule has 0 aliphatic carbocycles. The second-order valence-corrected chi connectivity index (χ2v) is 11.9. The smallest absolute Gasteiger partial charge is 0.328 e. The minimum absolute atomic E-state index is 0.0621. The molecule has 16 heteroatoms. The molecule has 15 nitrogen and oxygen atoms in total. The highest BCUT2D eigenvalue weighted by atomic mass is 19.1. The van der Waals surface area contributed by atoms with Crippen molar-refractivity contribution in [1.29, 1.82) is 0 Å². The molecule has 2 aromatic heterocycles. The van der Waals surface area contributed by atoms with Crippen molar-refractivity contribution in [3.05, 3.63) is 119 Å². The summed E-state index contributed by atoms with van der Waals surface area (Å²) in [5, 5.41) is 18.9. The molecule has 5 aromatic rings. The van der Waals surface area contributed by atoms with E-state index in [-0.39, 0.29) is 30.1 Å². The number of aromatic nitrogens is 3. The number of fused-ring (bicyclic) bond motifs is 1. The molecule has 0 spiro atoms. The molecule has 0 aliphatic rings. The molecule has 0 unspecified atom stereocenters. The maximum atomic E-state index is 15.3. The van der Waals surface area contributed by atoms with E-state index in [4.69, 9.17) is 24.4 Å². The molecule has 5 rings (SSSR count). The molecule has 0 saturated heterocycles. The van der Waals surface area contributed by atoms with E-state index in [1.807, 2.05) is 6.07 Å². The predicted octanol–water partition coefficient (Wildman–Crippen LogP) is 4.89. The number of carboxylic acids is 2. The number of hydrogen-bond acceptors (Lipinski definition) is 10. The topological polar surface area (TPSA) is 192 Å². The molecule has 282 valence electrons. The van der Waals surface area contributed by atoms with Gasteiger partial charge in [-0.2, -0.15) is 0 Å². The summed E-state index contributed by atoms with van der Waals surface area (Å²) in [7, 11) is 5.07. The van der Waals surface area contributed by atoms with Crippen molar-refractivity contribution in [3.8, 4) is 22.9 Å². The number of pyridine rings is 1. The van der Waals surface area contributed by atoms with Crippen LogP contribution in [-0.2, 0) is 25.7 Å². The number of carbonyl (C=O) groups excluding carboxylic acids is 2. The van der Waals surface area contributed by atoms with Gasteiger partial charge in [-0.1, -0.05) is 18.2 Å². The third-order valence-corrected chi connectivity index (χ3v) is 7.52. The number of nitrogens with zero attached hydrogens (tertiary/aromatic N) is 4. The lowest BCUT2D eigenvalue weighted by Gasteiger charge is -2.19. The number of halogens is 1. The van der Waals surface area contributed by atoms with Gasteiger partial charge in [-0.3, -0.25) is 28.9 Å². The van der Waals surface area contributed by atoms with E-state index in [0.717, 1.165) is 6.07 Å². The summed E-state index contributed by atoms with van der Waals surface area (Å²) in [4.78, 5) is 64.6. The predicted molar refractivity (Wildman–Crippen MR) is 196 cm³/mol. The molecule has 54 heavy (non-hydrogen) atoms. The van der Waals surface area contributed by atoms with E-state index in [1.165, 1.54) is 16.8 Å². The molecule has 0 radical (unpaired) electrons. The van der Waals surface area contributed by atoms with Crippen LogP contribution in [0.3, 0.4) is 0 Å². The Morgan fingerprint density at radius 2 is 1.65 bits per heavy atom. The zero-order valence-corrected chi connectivity index (χ0v) is 30.0. The summed E-state index contributed by atoms with van der Waals surface area (Å²) in [6, 6.07) is 19.7. The number of carbonyl (C=O) groups is 4. The molecule has 3 aromatic carbocycles. The molecular weight excluding hydrogens is 705 g/mol. The minimum atomic E-state index is -1.26. The second kappa shape index (κ2) is 18.1. The van der Waals surface area contributed by atoms with Crippen LogP contribution >= 0.6 is 0 Å². The Kier molecular flexibility index (Phi) is 13.4. The van der Waals surface area contributed by atoms with Crippen LogP contribution in [0.1, 0.15) is 23.0 Å². The van der Waals surface area contributed by atoms with Crippen molar-refractivity contribution >= 4 is 40.4 Å². The number of methoxy groups -OCH3 is 1. The van der Waals surface area contributed by atoms with E-state index in [9.17, 15) is 24.0 Å². The maximum absolute atomic E-state index is 15.3.